The second-order valence-electron chi connectivity index (χ2n) is 14.9. The zero-order chi connectivity index (χ0) is 40.1. The van der Waals surface area contributed by atoms with Crippen LogP contribution in [-0.2, 0) is 21.4 Å². The fraction of sp³-hybridized carbons (Fsp3) is 0.326. The van der Waals surface area contributed by atoms with E-state index in [-0.39, 0.29) is 11.8 Å². The first-order valence-corrected chi connectivity index (χ1v) is 19.2. The molecule has 5 rings (SSSR count). The van der Waals surface area contributed by atoms with Crippen molar-refractivity contribution in [3.05, 3.63) is 132 Å². The molecule has 1 unspecified atom stereocenters. The van der Waals surface area contributed by atoms with Gasteiger partial charge in [0.2, 0.25) is 5.91 Å². The molecule has 4 aromatic carbocycles. The van der Waals surface area contributed by atoms with E-state index >= 15 is 0 Å². The van der Waals surface area contributed by atoms with Crippen LogP contribution in [0.1, 0.15) is 92.9 Å². The number of ether oxygens (including phenoxy) is 2. The number of amides is 2. The molecule has 0 saturated carbocycles. The van der Waals surface area contributed by atoms with Crippen LogP contribution >= 0.6 is 0 Å². The summed E-state index contributed by atoms with van der Waals surface area (Å²) in [5.41, 5.74) is 5.09. The number of nitrogens with zero attached hydrogens (tertiary/aromatic N) is 2. The van der Waals surface area contributed by atoms with E-state index in [9.17, 15) is 19.5 Å². The van der Waals surface area contributed by atoms with E-state index in [0.717, 1.165) is 40.0 Å². The smallest absolute Gasteiger partial charge is 0.330 e. The van der Waals surface area contributed by atoms with E-state index in [1.54, 1.807) is 48.8 Å². The molecule has 10 heteroatoms. The van der Waals surface area contributed by atoms with Gasteiger partial charge in [0.05, 0.1) is 13.7 Å². The van der Waals surface area contributed by atoms with Gasteiger partial charge in [-0.2, -0.15) is 0 Å². The molecule has 292 valence electrons. The second-order valence-corrected chi connectivity index (χ2v) is 14.9. The van der Waals surface area contributed by atoms with Gasteiger partial charge < -0.3 is 25.2 Å². The number of carbonyl (C=O) groups is 3. The van der Waals surface area contributed by atoms with Gasteiger partial charge in [0.25, 0.3) is 5.91 Å². The molecule has 0 spiro atoms. The first kappa shape index (κ1) is 41.1. The number of nitrogens with one attached hydrogen (secondary N) is 2. The van der Waals surface area contributed by atoms with Crippen LogP contribution in [0.2, 0.25) is 0 Å². The number of carboxylic acids is 1. The van der Waals surface area contributed by atoms with Gasteiger partial charge >= 0.3 is 5.97 Å². The van der Waals surface area contributed by atoms with E-state index in [1.807, 2.05) is 60.7 Å². The van der Waals surface area contributed by atoms with Crippen LogP contribution in [0.3, 0.4) is 0 Å². The topological polar surface area (TPSA) is 140 Å². The molecule has 0 aliphatic carbocycles. The van der Waals surface area contributed by atoms with E-state index in [1.165, 1.54) is 32.8 Å². The predicted octanol–water partition coefficient (Wildman–Crippen LogP) is 8.75. The molecule has 0 aliphatic heterocycles. The average molecular weight is 757 g/mol. The zero-order valence-electron chi connectivity index (χ0n) is 32.9. The Morgan fingerprint density at radius 3 is 1.91 bits per heavy atom. The van der Waals surface area contributed by atoms with Crippen LogP contribution in [0.25, 0.3) is 22.5 Å². The van der Waals surface area contributed by atoms with Crippen molar-refractivity contribution in [2.24, 2.45) is 0 Å². The summed E-state index contributed by atoms with van der Waals surface area (Å²) in [6.07, 6.45) is 9.64. The van der Waals surface area contributed by atoms with Crippen LogP contribution < -0.4 is 20.1 Å². The number of aromatic nitrogens is 2. The molecule has 5 aromatic rings. The van der Waals surface area contributed by atoms with Crippen molar-refractivity contribution < 1.29 is 29.0 Å². The molecule has 2 atom stereocenters. The minimum Gasteiger partial charge on any atom is -0.497 e. The highest BCUT2D eigenvalue weighted by Gasteiger charge is 2.28. The Bertz CT molecular complexity index is 2020. The Kier molecular flexibility index (Phi) is 14.3. The third-order valence-corrected chi connectivity index (χ3v) is 9.63. The summed E-state index contributed by atoms with van der Waals surface area (Å²) in [4.78, 5) is 48.9. The van der Waals surface area contributed by atoms with Crippen LogP contribution in [0.15, 0.2) is 109 Å². The highest BCUT2D eigenvalue weighted by atomic mass is 16.5. The van der Waals surface area contributed by atoms with Crippen molar-refractivity contribution in [1.29, 1.82) is 0 Å². The Hall–Kier alpha value is -6.03. The normalized spacial score (nSPS) is 12.3. The second kappa shape index (κ2) is 19.5. The minimum absolute atomic E-state index is 0.0985. The number of rotatable bonds is 18. The highest BCUT2D eigenvalue weighted by Crippen LogP contribution is 2.25. The van der Waals surface area contributed by atoms with Crippen LogP contribution in [-0.4, -0.2) is 52.6 Å². The van der Waals surface area contributed by atoms with Gasteiger partial charge in [0.15, 0.2) is 11.9 Å². The van der Waals surface area contributed by atoms with Crippen LogP contribution in [0, 0.1) is 0 Å². The van der Waals surface area contributed by atoms with Gasteiger partial charge in [-0.25, -0.2) is 14.8 Å². The Balaban J connectivity index is 1.28. The van der Waals surface area contributed by atoms with Crippen molar-refractivity contribution in [2.75, 3.05) is 13.7 Å². The monoisotopic (exact) mass is 756 g/mol. The molecule has 0 aliphatic rings. The van der Waals surface area contributed by atoms with Crippen molar-refractivity contribution in [1.82, 2.24) is 20.6 Å². The summed E-state index contributed by atoms with van der Waals surface area (Å²) in [5.74, 6) is -0.403. The predicted molar refractivity (Wildman–Crippen MR) is 219 cm³/mol. The first-order chi connectivity index (χ1) is 26.9. The Morgan fingerprint density at radius 2 is 1.32 bits per heavy atom. The summed E-state index contributed by atoms with van der Waals surface area (Å²) >= 11 is 0. The average Bonchev–Trinajstić information content (AvgIpc) is 3.21. The molecule has 1 aromatic heterocycles. The third kappa shape index (κ3) is 11.5. The number of carboxylic acid groups (broad SMARTS) is 1. The molecule has 3 N–H and O–H groups in total. The quantitative estimate of drug-likeness (QED) is 0.0755. The lowest BCUT2D eigenvalue weighted by atomic mass is 9.86. The first-order valence-electron chi connectivity index (χ1n) is 19.2. The SMILES string of the molecule is CCCCCCCOc1ccc(-c2cnc(-c3ccc(C[C@H](NC(=O)c4ccc(C(C)(C)C)cc4)C(=O)NC(C(=O)O)c4ccc(OC)cc4)cc3)nc2)cc1. The minimum atomic E-state index is -1.35. The van der Waals surface area contributed by atoms with E-state index < -0.39 is 29.9 Å². The number of aliphatic carboxylic acids is 1. The lowest BCUT2D eigenvalue weighted by Crippen LogP contribution is -2.50. The maximum Gasteiger partial charge on any atom is 0.330 e. The summed E-state index contributed by atoms with van der Waals surface area (Å²) in [5, 5.41) is 15.5. The van der Waals surface area contributed by atoms with Crippen molar-refractivity contribution >= 4 is 17.8 Å². The van der Waals surface area contributed by atoms with Gasteiger partial charge in [0, 0.05) is 35.5 Å². The summed E-state index contributed by atoms with van der Waals surface area (Å²) in [7, 11) is 1.51. The van der Waals surface area contributed by atoms with Gasteiger partial charge in [-0.15, -0.1) is 0 Å². The van der Waals surface area contributed by atoms with Gasteiger partial charge in [-0.1, -0.05) is 114 Å². The molecule has 0 fully saturated rings. The molecule has 0 radical (unpaired) electrons. The molecule has 0 bridgehead atoms. The van der Waals surface area contributed by atoms with E-state index in [0.29, 0.717) is 29.3 Å². The standard InChI is InChI=1S/C46H52N4O6/c1-6-7-8-9-10-27-56-39-25-17-32(18-26-39)36-29-47-42(48-30-36)34-13-11-31(12-14-34)28-40(49-43(51)35-15-21-37(22-16-35)46(2,3)4)44(52)50-41(45(53)54)33-19-23-38(55-5)24-20-33/h11-26,29-30,40-41H,6-10,27-28H2,1-5H3,(H,49,51)(H,50,52)(H,53,54)/t40-,41?/m0/s1. The molecular weight excluding hydrogens is 705 g/mol. The number of unbranched alkanes of at least 4 members (excludes halogenated alkanes) is 4. The van der Waals surface area contributed by atoms with E-state index in [4.69, 9.17) is 9.47 Å². The van der Waals surface area contributed by atoms with Gasteiger partial charge in [-0.3, -0.25) is 9.59 Å². The Morgan fingerprint density at radius 1 is 0.714 bits per heavy atom. The lowest BCUT2D eigenvalue weighted by Gasteiger charge is -2.23. The third-order valence-electron chi connectivity index (χ3n) is 9.63. The van der Waals surface area contributed by atoms with Gasteiger partial charge in [-0.05, 0) is 70.5 Å². The number of benzene rings is 4. The van der Waals surface area contributed by atoms with E-state index in [2.05, 4.69) is 48.3 Å². The van der Waals surface area contributed by atoms with Crippen molar-refractivity contribution in [3.8, 4) is 34.0 Å². The molecule has 1 heterocycles. The maximum absolute atomic E-state index is 13.8. The largest absolute Gasteiger partial charge is 0.497 e. The number of hydrogen-bond acceptors (Lipinski definition) is 7. The number of carbonyl (C=O) groups excluding carboxylic acids is 2. The van der Waals surface area contributed by atoms with Crippen LogP contribution in [0.5, 0.6) is 11.5 Å². The molecule has 10 nitrogen and oxygen atoms in total. The summed E-state index contributed by atoms with van der Waals surface area (Å²) in [6.45, 7) is 9.18. The number of methoxy groups -OCH3 is 1. The number of hydrogen-bond donors (Lipinski definition) is 3. The molecule has 56 heavy (non-hydrogen) atoms. The fourth-order valence-corrected chi connectivity index (χ4v) is 6.19. The highest BCUT2D eigenvalue weighted by molar-refractivity contribution is 5.98. The maximum atomic E-state index is 13.8. The summed E-state index contributed by atoms with van der Waals surface area (Å²) in [6, 6.07) is 26.6. The lowest BCUT2D eigenvalue weighted by molar-refractivity contribution is -0.142. The molecule has 0 saturated heterocycles. The fourth-order valence-electron chi connectivity index (χ4n) is 6.19. The van der Waals surface area contributed by atoms with Crippen molar-refractivity contribution in [2.45, 2.75) is 83.7 Å². The molecular formula is C46H52N4O6. The van der Waals surface area contributed by atoms with Crippen molar-refractivity contribution in [3.63, 3.8) is 0 Å². The summed E-state index contributed by atoms with van der Waals surface area (Å²) < 4.78 is 11.1. The van der Waals surface area contributed by atoms with Crippen LogP contribution in [0.4, 0.5) is 0 Å². The Labute approximate surface area is 329 Å². The van der Waals surface area contributed by atoms with Gasteiger partial charge in [0.1, 0.15) is 17.5 Å². The molecule has 2 amide bonds. The zero-order valence-corrected chi connectivity index (χ0v) is 32.9.